The van der Waals surface area contributed by atoms with E-state index < -0.39 is 0 Å². The van der Waals surface area contributed by atoms with Gasteiger partial charge in [-0.1, -0.05) is 31.5 Å². The van der Waals surface area contributed by atoms with Crippen LogP contribution < -0.4 is 5.32 Å². The van der Waals surface area contributed by atoms with Gasteiger partial charge in [0, 0.05) is 25.5 Å². The zero-order chi connectivity index (χ0) is 16.8. The normalized spacial score (nSPS) is 16.4. The third kappa shape index (κ3) is 4.56. The van der Waals surface area contributed by atoms with Gasteiger partial charge in [-0.15, -0.1) is 5.10 Å². The highest BCUT2D eigenvalue weighted by atomic mass is 32.2. The summed E-state index contributed by atoms with van der Waals surface area (Å²) in [6, 6.07) is 0.390. The molecule has 0 spiro atoms. The van der Waals surface area contributed by atoms with E-state index in [4.69, 9.17) is 0 Å². The Morgan fingerprint density at radius 1 is 1.46 bits per heavy atom. The number of rotatable bonds is 8. The van der Waals surface area contributed by atoms with Crippen molar-refractivity contribution in [3.05, 3.63) is 18.7 Å². The number of imidazole rings is 1. The zero-order valence-electron chi connectivity index (χ0n) is 13.8. The van der Waals surface area contributed by atoms with Gasteiger partial charge in [-0.05, 0) is 29.2 Å². The molecule has 1 aliphatic carbocycles. The summed E-state index contributed by atoms with van der Waals surface area (Å²) >= 11 is 1.41. The Kier molecular flexibility index (Phi) is 5.84. The highest BCUT2D eigenvalue weighted by Crippen LogP contribution is 2.31. The first-order valence-corrected chi connectivity index (χ1v) is 9.34. The van der Waals surface area contributed by atoms with Crippen molar-refractivity contribution in [1.82, 2.24) is 35.1 Å². The lowest BCUT2D eigenvalue weighted by atomic mass is 10.2. The first-order chi connectivity index (χ1) is 11.7. The molecule has 1 N–H and O–H groups in total. The number of hydrogen-bond acceptors (Lipinski definition) is 6. The Labute approximate surface area is 145 Å². The second-order valence-electron chi connectivity index (χ2n) is 6.30. The molecular weight excluding hydrogens is 326 g/mol. The molecule has 3 rings (SSSR count). The van der Waals surface area contributed by atoms with E-state index in [1.54, 1.807) is 12.5 Å². The van der Waals surface area contributed by atoms with Crippen LogP contribution in [0.4, 0.5) is 0 Å². The summed E-state index contributed by atoms with van der Waals surface area (Å²) in [6.07, 6.45) is 10.2. The molecule has 24 heavy (non-hydrogen) atoms. The van der Waals surface area contributed by atoms with E-state index in [1.807, 2.05) is 15.4 Å². The molecule has 2 aromatic heterocycles. The number of tetrazole rings is 1. The summed E-state index contributed by atoms with van der Waals surface area (Å²) in [6.45, 7) is 3.59. The van der Waals surface area contributed by atoms with Crippen molar-refractivity contribution in [3.8, 4) is 0 Å². The van der Waals surface area contributed by atoms with Gasteiger partial charge in [0.15, 0.2) is 0 Å². The Bertz CT molecular complexity index is 636. The third-order valence-corrected chi connectivity index (χ3v) is 5.13. The summed E-state index contributed by atoms with van der Waals surface area (Å²) in [5.41, 5.74) is 0. The minimum Gasteiger partial charge on any atom is -0.355 e. The number of thioether (sulfide) groups is 1. The van der Waals surface area contributed by atoms with Crippen molar-refractivity contribution in [1.29, 1.82) is 0 Å². The standard InChI is InChI=1S/C15H23N7OS/c1-12(9-21-7-6-16-11-21)8-17-14(23)10-24-15-18-19-20-22(15)13-4-2-3-5-13/h6-7,11-13H,2-5,8-10H2,1H3,(H,17,23)/t12-/m0/s1. The highest BCUT2D eigenvalue weighted by molar-refractivity contribution is 7.99. The molecule has 1 saturated carbocycles. The molecule has 1 amide bonds. The fourth-order valence-electron chi connectivity index (χ4n) is 2.95. The Balaban J connectivity index is 1.40. The van der Waals surface area contributed by atoms with Crippen LogP contribution in [0.5, 0.6) is 0 Å². The maximum absolute atomic E-state index is 12.0. The zero-order valence-corrected chi connectivity index (χ0v) is 14.7. The Morgan fingerprint density at radius 3 is 3.04 bits per heavy atom. The molecule has 1 fully saturated rings. The lowest BCUT2D eigenvalue weighted by Gasteiger charge is -2.13. The van der Waals surface area contributed by atoms with Crippen LogP contribution in [-0.2, 0) is 11.3 Å². The van der Waals surface area contributed by atoms with Crippen LogP contribution in [0.3, 0.4) is 0 Å². The van der Waals surface area contributed by atoms with Gasteiger partial charge in [-0.3, -0.25) is 4.79 Å². The van der Waals surface area contributed by atoms with Crippen LogP contribution in [0.15, 0.2) is 23.9 Å². The van der Waals surface area contributed by atoms with Gasteiger partial charge >= 0.3 is 0 Å². The molecule has 9 heteroatoms. The van der Waals surface area contributed by atoms with Crippen LogP contribution in [0.2, 0.25) is 0 Å². The van der Waals surface area contributed by atoms with Crippen molar-refractivity contribution < 1.29 is 4.79 Å². The predicted octanol–water partition coefficient (Wildman–Crippen LogP) is 1.53. The van der Waals surface area contributed by atoms with Crippen molar-refractivity contribution in [2.75, 3.05) is 12.3 Å². The maximum atomic E-state index is 12.0. The molecule has 2 heterocycles. The molecule has 0 bridgehead atoms. The smallest absolute Gasteiger partial charge is 0.230 e. The van der Waals surface area contributed by atoms with Gasteiger partial charge in [0.05, 0.1) is 18.1 Å². The molecular formula is C15H23N7OS. The SMILES string of the molecule is C[C@@H](CNC(=O)CSc1nnnn1C1CCCC1)Cn1ccnc1. The first-order valence-electron chi connectivity index (χ1n) is 8.35. The van der Waals surface area contributed by atoms with Crippen molar-refractivity contribution >= 4 is 17.7 Å². The molecule has 1 aliphatic rings. The van der Waals surface area contributed by atoms with E-state index in [-0.39, 0.29) is 5.91 Å². The van der Waals surface area contributed by atoms with E-state index in [0.29, 0.717) is 24.3 Å². The van der Waals surface area contributed by atoms with Gasteiger partial charge in [-0.25, -0.2) is 9.67 Å². The number of aromatic nitrogens is 6. The molecule has 0 radical (unpaired) electrons. The summed E-state index contributed by atoms with van der Waals surface area (Å²) in [7, 11) is 0. The van der Waals surface area contributed by atoms with Gasteiger partial charge < -0.3 is 9.88 Å². The second kappa shape index (κ2) is 8.27. The first kappa shape index (κ1) is 16.9. The van der Waals surface area contributed by atoms with Gasteiger partial charge in [0.25, 0.3) is 0 Å². The predicted molar refractivity (Wildman–Crippen MR) is 90.4 cm³/mol. The van der Waals surface area contributed by atoms with E-state index in [1.165, 1.54) is 24.6 Å². The monoisotopic (exact) mass is 349 g/mol. The van der Waals surface area contributed by atoms with Gasteiger partial charge in [0.2, 0.25) is 11.1 Å². The van der Waals surface area contributed by atoms with E-state index in [9.17, 15) is 4.79 Å². The van der Waals surface area contributed by atoms with Crippen LogP contribution in [0.1, 0.15) is 38.6 Å². The van der Waals surface area contributed by atoms with Crippen molar-refractivity contribution in [2.24, 2.45) is 5.92 Å². The van der Waals surface area contributed by atoms with Gasteiger partial charge in [-0.2, -0.15) is 0 Å². The largest absolute Gasteiger partial charge is 0.355 e. The summed E-state index contributed by atoms with van der Waals surface area (Å²) in [4.78, 5) is 16.1. The summed E-state index contributed by atoms with van der Waals surface area (Å²) < 4.78 is 3.90. The van der Waals surface area contributed by atoms with E-state index >= 15 is 0 Å². The molecule has 0 saturated heterocycles. The summed E-state index contributed by atoms with van der Waals surface area (Å²) in [5.74, 6) is 0.695. The lowest BCUT2D eigenvalue weighted by molar-refractivity contribution is -0.118. The highest BCUT2D eigenvalue weighted by Gasteiger charge is 2.22. The van der Waals surface area contributed by atoms with Crippen molar-refractivity contribution in [2.45, 2.75) is 50.4 Å². The molecule has 0 unspecified atom stereocenters. The minimum atomic E-state index is 0.0125. The number of nitrogens with one attached hydrogen (secondary N) is 1. The van der Waals surface area contributed by atoms with Crippen LogP contribution in [0, 0.1) is 5.92 Å². The number of carbonyl (C=O) groups excluding carboxylic acids is 1. The minimum absolute atomic E-state index is 0.0125. The molecule has 0 aromatic carbocycles. The average Bonchev–Trinajstić information content (AvgIpc) is 3.31. The third-order valence-electron chi connectivity index (χ3n) is 4.19. The van der Waals surface area contributed by atoms with Crippen LogP contribution in [0.25, 0.3) is 0 Å². The topological polar surface area (TPSA) is 90.5 Å². The van der Waals surface area contributed by atoms with E-state index in [0.717, 1.165) is 24.5 Å². The summed E-state index contributed by atoms with van der Waals surface area (Å²) in [5, 5.41) is 15.6. The Morgan fingerprint density at radius 2 is 2.29 bits per heavy atom. The lowest BCUT2D eigenvalue weighted by Crippen LogP contribution is -2.31. The maximum Gasteiger partial charge on any atom is 0.230 e. The molecule has 130 valence electrons. The number of nitrogens with zero attached hydrogens (tertiary/aromatic N) is 6. The Hall–Kier alpha value is -1.90. The van der Waals surface area contributed by atoms with E-state index in [2.05, 4.69) is 32.7 Å². The number of amides is 1. The molecule has 0 aliphatic heterocycles. The molecule has 8 nitrogen and oxygen atoms in total. The van der Waals surface area contributed by atoms with Crippen LogP contribution >= 0.6 is 11.8 Å². The molecule has 1 atom stereocenters. The fourth-order valence-corrected chi connectivity index (χ4v) is 3.72. The fraction of sp³-hybridized carbons (Fsp3) is 0.667. The molecule has 2 aromatic rings. The quantitative estimate of drug-likeness (QED) is 0.727. The van der Waals surface area contributed by atoms with Crippen LogP contribution in [-0.4, -0.2) is 48.0 Å². The average molecular weight is 349 g/mol. The van der Waals surface area contributed by atoms with Crippen molar-refractivity contribution in [3.63, 3.8) is 0 Å². The van der Waals surface area contributed by atoms with Gasteiger partial charge in [0.1, 0.15) is 0 Å². The number of carbonyl (C=O) groups is 1. The second-order valence-corrected chi connectivity index (χ2v) is 7.24. The number of hydrogen-bond donors (Lipinski definition) is 1.